The molecule has 0 saturated carbocycles. The SMILES string of the molecule is CCCn1nccc1-c1ncc(Br)c(=O)[nH]1. The summed E-state index contributed by atoms with van der Waals surface area (Å²) in [7, 11) is 0. The Balaban J connectivity index is 2.46. The smallest absolute Gasteiger partial charge is 0.265 e. The Hall–Kier alpha value is -1.43. The zero-order chi connectivity index (χ0) is 11.5. The third-order valence-electron chi connectivity index (χ3n) is 2.15. The number of halogens is 1. The van der Waals surface area contributed by atoms with Gasteiger partial charge in [0.05, 0.1) is 0 Å². The minimum absolute atomic E-state index is 0.186. The van der Waals surface area contributed by atoms with Gasteiger partial charge in [-0.3, -0.25) is 9.48 Å². The average molecular weight is 283 g/mol. The van der Waals surface area contributed by atoms with Gasteiger partial charge in [0.25, 0.3) is 5.56 Å². The maximum Gasteiger partial charge on any atom is 0.265 e. The van der Waals surface area contributed by atoms with E-state index in [1.165, 1.54) is 6.20 Å². The first-order chi connectivity index (χ1) is 7.72. The topological polar surface area (TPSA) is 63.6 Å². The quantitative estimate of drug-likeness (QED) is 0.934. The molecule has 0 amide bonds. The van der Waals surface area contributed by atoms with Crippen molar-refractivity contribution in [3.05, 3.63) is 33.3 Å². The maximum atomic E-state index is 11.4. The molecule has 2 aromatic rings. The van der Waals surface area contributed by atoms with Gasteiger partial charge in [-0.25, -0.2) is 4.98 Å². The first-order valence-corrected chi connectivity index (χ1v) is 5.78. The van der Waals surface area contributed by atoms with Crippen LogP contribution in [0.3, 0.4) is 0 Å². The molecule has 5 nitrogen and oxygen atoms in total. The van der Waals surface area contributed by atoms with E-state index in [1.54, 1.807) is 6.20 Å². The zero-order valence-electron chi connectivity index (χ0n) is 8.77. The number of aromatic nitrogens is 4. The number of nitrogens with one attached hydrogen (secondary N) is 1. The molecule has 6 heteroatoms. The van der Waals surface area contributed by atoms with E-state index < -0.39 is 0 Å². The number of aryl methyl sites for hydroxylation is 1. The van der Waals surface area contributed by atoms with Gasteiger partial charge >= 0.3 is 0 Å². The van der Waals surface area contributed by atoms with Gasteiger partial charge in [-0.15, -0.1) is 0 Å². The highest BCUT2D eigenvalue weighted by atomic mass is 79.9. The molecule has 0 bridgehead atoms. The fourth-order valence-electron chi connectivity index (χ4n) is 1.43. The normalized spacial score (nSPS) is 10.6. The van der Waals surface area contributed by atoms with E-state index in [1.807, 2.05) is 10.7 Å². The lowest BCUT2D eigenvalue weighted by atomic mass is 10.3. The highest BCUT2D eigenvalue weighted by Crippen LogP contribution is 2.13. The highest BCUT2D eigenvalue weighted by Gasteiger charge is 2.07. The summed E-state index contributed by atoms with van der Waals surface area (Å²) >= 11 is 3.11. The zero-order valence-corrected chi connectivity index (χ0v) is 10.4. The Bertz CT molecular complexity index is 546. The first-order valence-electron chi connectivity index (χ1n) is 4.99. The van der Waals surface area contributed by atoms with Crippen molar-refractivity contribution in [1.29, 1.82) is 0 Å². The monoisotopic (exact) mass is 282 g/mol. The van der Waals surface area contributed by atoms with Gasteiger partial charge in [0.15, 0.2) is 5.82 Å². The van der Waals surface area contributed by atoms with Crippen molar-refractivity contribution < 1.29 is 0 Å². The predicted octanol–water partition coefficient (Wildman–Crippen LogP) is 1.81. The van der Waals surface area contributed by atoms with Gasteiger partial charge in [0.2, 0.25) is 0 Å². The van der Waals surface area contributed by atoms with Crippen LogP contribution in [0.25, 0.3) is 11.5 Å². The van der Waals surface area contributed by atoms with Crippen molar-refractivity contribution in [1.82, 2.24) is 19.7 Å². The molecule has 0 aromatic carbocycles. The van der Waals surface area contributed by atoms with Crippen LogP contribution in [-0.2, 0) is 6.54 Å². The lowest BCUT2D eigenvalue weighted by Crippen LogP contribution is -2.11. The van der Waals surface area contributed by atoms with Gasteiger partial charge in [-0.05, 0) is 28.4 Å². The first kappa shape index (κ1) is 11.1. The van der Waals surface area contributed by atoms with Crippen molar-refractivity contribution in [3.8, 4) is 11.5 Å². The van der Waals surface area contributed by atoms with Crippen molar-refractivity contribution in [3.63, 3.8) is 0 Å². The number of nitrogens with zero attached hydrogens (tertiary/aromatic N) is 3. The summed E-state index contributed by atoms with van der Waals surface area (Å²) in [5.41, 5.74) is 0.640. The molecule has 0 aliphatic heterocycles. The molecule has 0 aliphatic carbocycles. The number of H-pyrrole nitrogens is 1. The van der Waals surface area contributed by atoms with E-state index >= 15 is 0 Å². The van der Waals surface area contributed by atoms with Crippen LogP contribution in [0.4, 0.5) is 0 Å². The second kappa shape index (κ2) is 4.61. The number of hydrogen-bond donors (Lipinski definition) is 1. The molecule has 0 atom stereocenters. The van der Waals surface area contributed by atoms with E-state index in [9.17, 15) is 4.79 Å². The van der Waals surface area contributed by atoms with Crippen LogP contribution in [0.5, 0.6) is 0 Å². The molecule has 0 saturated heterocycles. The van der Waals surface area contributed by atoms with Crippen molar-refractivity contribution in [2.45, 2.75) is 19.9 Å². The van der Waals surface area contributed by atoms with Crippen LogP contribution in [0.1, 0.15) is 13.3 Å². The summed E-state index contributed by atoms with van der Waals surface area (Å²) in [6.07, 6.45) is 4.18. The van der Waals surface area contributed by atoms with E-state index in [2.05, 4.69) is 37.9 Å². The van der Waals surface area contributed by atoms with Crippen molar-refractivity contribution in [2.75, 3.05) is 0 Å². The summed E-state index contributed by atoms with van der Waals surface area (Å²) in [6.45, 7) is 2.88. The minimum Gasteiger partial charge on any atom is -0.304 e. The minimum atomic E-state index is -0.186. The van der Waals surface area contributed by atoms with Crippen LogP contribution >= 0.6 is 15.9 Å². The standard InChI is InChI=1S/C10H11BrN4O/c1-2-5-15-8(3-4-13-15)9-12-6-7(11)10(16)14-9/h3-4,6H,2,5H2,1H3,(H,12,14,16). The summed E-state index contributed by atoms with van der Waals surface area (Å²) in [5, 5.41) is 4.18. The maximum absolute atomic E-state index is 11.4. The lowest BCUT2D eigenvalue weighted by molar-refractivity contribution is 0.606. The number of hydrogen-bond acceptors (Lipinski definition) is 3. The van der Waals surface area contributed by atoms with E-state index in [4.69, 9.17) is 0 Å². The lowest BCUT2D eigenvalue weighted by Gasteiger charge is -2.04. The predicted molar refractivity (Wildman–Crippen MR) is 64.1 cm³/mol. The Morgan fingerprint density at radius 1 is 1.56 bits per heavy atom. The van der Waals surface area contributed by atoms with Gasteiger partial charge < -0.3 is 4.98 Å². The Kier molecular flexibility index (Phi) is 3.19. The molecule has 0 radical (unpaired) electrons. The van der Waals surface area contributed by atoms with Gasteiger partial charge in [0.1, 0.15) is 10.2 Å². The summed E-state index contributed by atoms with van der Waals surface area (Å²) in [4.78, 5) is 18.3. The highest BCUT2D eigenvalue weighted by molar-refractivity contribution is 9.10. The molecular formula is C10H11BrN4O. The van der Waals surface area contributed by atoms with E-state index in [0.29, 0.717) is 10.3 Å². The van der Waals surface area contributed by atoms with Crippen LogP contribution in [0.2, 0.25) is 0 Å². The largest absolute Gasteiger partial charge is 0.304 e. The Labute approximate surface area is 101 Å². The van der Waals surface area contributed by atoms with Crippen LogP contribution in [0, 0.1) is 0 Å². The van der Waals surface area contributed by atoms with Crippen molar-refractivity contribution in [2.24, 2.45) is 0 Å². The molecule has 0 spiro atoms. The molecule has 84 valence electrons. The molecule has 0 unspecified atom stereocenters. The Morgan fingerprint density at radius 2 is 2.38 bits per heavy atom. The second-order valence-electron chi connectivity index (χ2n) is 3.35. The van der Waals surface area contributed by atoms with Gasteiger partial charge in [0, 0.05) is 18.9 Å². The molecular weight excluding hydrogens is 272 g/mol. The van der Waals surface area contributed by atoms with Crippen LogP contribution in [-0.4, -0.2) is 19.7 Å². The third kappa shape index (κ3) is 2.06. The van der Waals surface area contributed by atoms with Gasteiger partial charge in [-0.2, -0.15) is 5.10 Å². The number of aromatic amines is 1. The fourth-order valence-corrected chi connectivity index (χ4v) is 1.63. The van der Waals surface area contributed by atoms with E-state index in [0.717, 1.165) is 18.7 Å². The molecule has 0 aliphatic rings. The average Bonchev–Trinajstić information content (AvgIpc) is 2.71. The molecule has 16 heavy (non-hydrogen) atoms. The molecule has 2 heterocycles. The van der Waals surface area contributed by atoms with Crippen LogP contribution < -0.4 is 5.56 Å². The van der Waals surface area contributed by atoms with Crippen LogP contribution in [0.15, 0.2) is 27.7 Å². The third-order valence-corrected chi connectivity index (χ3v) is 2.72. The molecule has 1 N–H and O–H groups in total. The Morgan fingerprint density at radius 3 is 3.06 bits per heavy atom. The van der Waals surface area contributed by atoms with Crippen molar-refractivity contribution >= 4 is 15.9 Å². The summed E-state index contributed by atoms with van der Waals surface area (Å²) < 4.78 is 2.25. The fraction of sp³-hybridized carbons (Fsp3) is 0.300. The van der Waals surface area contributed by atoms with Gasteiger partial charge in [-0.1, -0.05) is 6.92 Å². The van der Waals surface area contributed by atoms with E-state index in [-0.39, 0.29) is 5.56 Å². The molecule has 0 fully saturated rings. The summed E-state index contributed by atoms with van der Waals surface area (Å²) in [6, 6.07) is 1.84. The molecule has 2 aromatic heterocycles. The second-order valence-corrected chi connectivity index (χ2v) is 4.20. The number of rotatable bonds is 3. The summed E-state index contributed by atoms with van der Waals surface area (Å²) in [5.74, 6) is 0.541. The molecule has 2 rings (SSSR count).